The van der Waals surface area contributed by atoms with Gasteiger partial charge in [0.15, 0.2) is 5.96 Å². The van der Waals surface area contributed by atoms with E-state index in [9.17, 15) is 0 Å². The van der Waals surface area contributed by atoms with Gasteiger partial charge in [-0.05, 0) is 58.2 Å². The molecule has 2 N–H and O–H groups in total. The second kappa shape index (κ2) is 13.2. The number of rotatable bonds is 8. The minimum atomic E-state index is 0. The number of nitrogens with zero attached hydrogens (tertiary/aromatic N) is 2. The number of para-hydroxylation sites is 1. The van der Waals surface area contributed by atoms with Crippen molar-refractivity contribution in [2.45, 2.75) is 39.7 Å². The highest BCUT2D eigenvalue weighted by Crippen LogP contribution is 2.18. The second-order valence-electron chi connectivity index (χ2n) is 6.90. The van der Waals surface area contributed by atoms with E-state index in [1.807, 2.05) is 30.3 Å². The molecule has 0 aliphatic carbocycles. The summed E-state index contributed by atoms with van der Waals surface area (Å²) in [5.74, 6) is 2.45. The van der Waals surface area contributed by atoms with E-state index < -0.39 is 0 Å². The number of likely N-dealkylation sites (tertiary alicyclic amines) is 1. The lowest BCUT2D eigenvalue weighted by atomic mass is 9.97. The van der Waals surface area contributed by atoms with Crippen LogP contribution < -0.4 is 15.4 Å². The third kappa shape index (κ3) is 8.58. The van der Waals surface area contributed by atoms with E-state index in [4.69, 9.17) is 9.73 Å². The van der Waals surface area contributed by atoms with Gasteiger partial charge in [-0.25, -0.2) is 0 Å². The number of halogens is 1. The number of hydrogen-bond donors (Lipinski definition) is 2. The lowest BCUT2D eigenvalue weighted by Crippen LogP contribution is -2.42. The quantitative estimate of drug-likeness (QED) is 0.263. The lowest BCUT2D eigenvalue weighted by molar-refractivity contribution is 0.143. The molecular formula is C20H35IN4O. The standard InChI is InChI=1S/C20H34N4O.HI/c1-4-21-20(22-12-14-25-19-10-6-5-7-11-19)23-15-18-9-8-13-24(16-18)17(2)3;/h5-7,10-11,17-18H,4,8-9,12-16H2,1-3H3,(H2,21,22,23);1H. The van der Waals surface area contributed by atoms with Crippen LogP contribution in [0.1, 0.15) is 33.6 Å². The number of guanidine groups is 1. The number of aliphatic imine (C=N–C) groups is 1. The summed E-state index contributed by atoms with van der Waals surface area (Å²) in [6.07, 6.45) is 2.57. The molecule has 1 fully saturated rings. The smallest absolute Gasteiger partial charge is 0.191 e. The summed E-state index contributed by atoms with van der Waals surface area (Å²) in [5.41, 5.74) is 0. The number of hydrogen-bond acceptors (Lipinski definition) is 3. The van der Waals surface area contributed by atoms with E-state index in [1.165, 1.54) is 19.4 Å². The Bertz CT molecular complexity index is 510. The summed E-state index contributed by atoms with van der Waals surface area (Å²) in [7, 11) is 0. The molecule has 0 amide bonds. The SMILES string of the molecule is CCNC(=NCC1CCCN(C(C)C)C1)NCCOc1ccccc1.I. The van der Waals surface area contributed by atoms with Crippen LogP contribution in [0.5, 0.6) is 5.75 Å². The van der Waals surface area contributed by atoms with E-state index in [2.05, 4.69) is 36.3 Å². The zero-order chi connectivity index (χ0) is 17.9. The molecular weight excluding hydrogens is 439 g/mol. The summed E-state index contributed by atoms with van der Waals surface area (Å²) < 4.78 is 5.72. The first-order valence-electron chi connectivity index (χ1n) is 9.63. The number of benzene rings is 1. The van der Waals surface area contributed by atoms with Crippen LogP contribution in [0, 0.1) is 5.92 Å². The van der Waals surface area contributed by atoms with Crippen LogP contribution in [0.2, 0.25) is 0 Å². The summed E-state index contributed by atoms with van der Waals surface area (Å²) in [6.45, 7) is 12.2. The number of nitrogens with one attached hydrogen (secondary N) is 2. The Labute approximate surface area is 176 Å². The summed E-state index contributed by atoms with van der Waals surface area (Å²) in [4.78, 5) is 7.35. The zero-order valence-electron chi connectivity index (χ0n) is 16.4. The van der Waals surface area contributed by atoms with Crippen LogP contribution in [0.3, 0.4) is 0 Å². The summed E-state index contributed by atoms with van der Waals surface area (Å²) in [6, 6.07) is 10.5. The average molecular weight is 474 g/mol. The van der Waals surface area contributed by atoms with Gasteiger partial charge < -0.3 is 20.3 Å². The maximum absolute atomic E-state index is 5.72. The van der Waals surface area contributed by atoms with Gasteiger partial charge in [-0.3, -0.25) is 4.99 Å². The fraction of sp³-hybridized carbons (Fsp3) is 0.650. The Morgan fingerprint density at radius 2 is 2.04 bits per heavy atom. The average Bonchev–Trinajstić information content (AvgIpc) is 2.64. The molecule has 6 heteroatoms. The van der Waals surface area contributed by atoms with Gasteiger partial charge in [-0.15, -0.1) is 24.0 Å². The minimum absolute atomic E-state index is 0. The van der Waals surface area contributed by atoms with Crippen LogP contribution in [0.25, 0.3) is 0 Å². The van der Waals surface area contributed by atoms with Crippen molar-refractivity contribution in [3.8, 4) is 5.75 Å². The van der Waals surface area contributed by atoms with Gasteiger partial charge in [0.2, 0.25) is 0 Å². The molecule has 1 aromatic carbocycles. The first kappa shape index (κ1) is 23.0. The monoisotopic (exact) mass is 474 g/mol. The van der Waals surface area contributed by atoms with Gasteiger partial charge in [0.25, 0.3) is 0 Å². The predicted octanol–water partition coefficient (Wildman–Crippen LogP) is 3.36. The van der Waals surface area contributed by atoms with Crippen molar-refractivity contribution in [2.24, 2.45) is 10.9 Å². The van der Waals surface area contributed by atoms with Crippen molar-refractivity contribution in [1.82, 2.24) is 15.5 Å². The lowest BCUT2D eigenvalue weighted by Gasteiger charge is -2.34. The second-order valence-corrected chi connectivity index (χ2v) is 6.90. The molecule has 1 aliphatic rings. The molecule has 26 heavy (non-hydrogen) atoms. The van der Waals surface area contributed by atoms with Crippen molar-refractivity contribution >= 4 is 29.9 Å². The fourth-order valence-electron chi connectivity index (χ4n) is 3.13. The third-order valence-corrected chi connectivity index (χ3v) is 4.54. The molecule has 0 radical (unpaired) electrons. The Hall–Kier alpha value is -1.02. The van der Waals surface area contributed by atoms with Gasteiger partial charge in [0, 0.05) is 25.7 Å². The number of piperidine rings is 1. The summed E-state index contributed by atoms with van der Waals surface area (Å²) in [5, 5.41) is 6.69. The Kier molecular flexibility index (Phi) is 11.7. The van der Waals surface area contributed by atoms with Crippen molar-refractivity contribution in [3.63, 3.8) is 0 Å². The minimum Gasteiger partial charge on any atom is -0.492 e. The molecule has 0 saturated carbocycles. The molecule has 1 heterocycles. The van der Waals surface area contributed by atoms with Crippen LogP contribution in [-0.4, -0.2) is 56.2 Å². The van der Waals surface area contributed by atoms with Crippen molar-refractivity contribution in [3.05, 3.63) is 30.3 Å². The van der Waals surface area contributed by atoms with Gasteiger partial charge in [0.05, 0.1) is 6.54 Å². The van der Waals surface area contributed by atoms with Crippen LogP contribution in [0.15, 0.2) is 35.3 Å². The first-order valence-corrected chi connectivity index (χ1v) is 9.63. The molecule has 148 valence electrons. The largest absolute Gasteiger partial charge is 0.492 e. The van der Waals surface area contributed by atoms with Crippen molar-refractivity contribution in [2.75, 3.05) is 39.3 Å². The molecule has 1 saturated heterocycles. The predicted molar refractivity (Wildman–Crippen MR) is 121 cm³/mol. The van der Waals surface area contributed by atoms with Crippen LogP contribution >= 0.6 is 24.0 Å². The highest BCUT2D eigenvalue weighted by atomic mass is 127. The molecule has 0 spiro atoms. The first-order chi connectivity index (χ1) is 12.2. The highest BCUT2D eigenvalue weighted by Gasteiger charge is 2.21. The van der Waals surface area contributed by atoms with E-state index in [1.54, 1.807) is 0 Å². The maximum Gasteiger partial charge on any atom is 0.191 e. The summed E-state index contributed by atoms with van der Waals surface area (Å²) >= 11 is 0. The Morgan fingerprint density at radius 3 is 2.73 bits per heavy atom. The highest BCUT2D eigenvalue weighted by molar-refractivity contribution is 14.0. The van der Waals surface area contributed by atoms with E-state index in [0.717, 1.165) is 37.9 Å². The third-order valence-electron chi connectivity index (χ3n) is 4.54. The number of ether oxygens (including phenoxy) is 1. The molecule has 0 bridgehead atoms. The molecule has 2 rings (SSSR count). The van der Waals surface area contributed by atoms with Gasteiger partial charge >= 0.3 is 0 Å². The Morgan fingerprint density at radius 1 is 1.27 bits per heavy atom. The van der Waals surface area contributed by atoms with Gasteiger partial charge in [-0.2, -0.15) is 0 Å². The van der Waals surface area contributed by atoms with E-state index >= 15 is 0 Å². The fourth-order valence-corrected chi connectivity index (χ4v) is 3.13. The zero-order valence-corrected chi connectivity index (χ0v) is 18.7. The Balaban J connectivity index is 0.00000338. The van der Waals surface area contributed by atoms with Crippen molar-refractivity contribution < 1.29 is 4.74 Å². The van der Waals surface area contributed by atoms with Crippen molar-refractivity contribution in [1.29, 1.82) is 0 Å². The van der Waals surface area contributed by atoms with Crippen LogP contribution in [0.4, 0.5) is 0 Å². The molecule has 1 aromatic rings. The molecule has 0 aromatic heterocycles. The topological polar surface area (TPSA) is 48.9 Å². The molecule has 1 aliphatic heterocycles. The van der Waals surface area contributed by atoms with Crippen LogP contribution in [-0.2, 0) is 0 Å². The molecule has 5 nitrogen and oxygen atoms in total. The van der Waals surface area contributed by atoms with E-state index in [-0.39, 0.29) is 24.0 Å². The van der Waals surface area contributed by atoms with Gasteiger partial charge in [0.1, 0.15) is 12.4 Å². The molecule has 1 unspecified atom stereocenters. The van der Waals surface area contributed by atoms with Gasteiger partial charge in [-0.1, -0.05) is 18.2 Å². The normalized spacial score (nSPS) is 18.3. The molecule has 1 atom stereocenters. The van der Waals surface area contributed by atoms with E-state index in [0.29, 0.717) is 18.6 Å². The maximum atomic E-state index is 5.72.